The fraction of sp³-hybridized carbons (Fsp3) is 0.400. The van der Waals surface area contributed by atoms with E-state index in [-0.39, 0.29) is 5.82 Å². The SMILES string of the molecule is CCCN(c1ccc(/C=C/C(=O)O)cc1F)C1CC1. The summed E-state index contributed by atoms with van der Waals surface area (Å²) in [5, 5.41) is 8.55. The molecule has 0 spiro atoms. The standard InChI is InChI=1S/C15H18FNO2/c1-2-9-17(12-5-6-12)14-7-3-11(10-13(14)16)4-8-15(18)19/h3-4,7-8,10,12H,2,5-6,9H2,1H3,(H,18,19)/b8-4+. The van der Waals surface area contributed by atoms with E-state index in [1.165, 1.54) is 12.1 Å². The van der Waals surface area contributed by atoms with Gasteiger partial charge in [-0.3, -0.25) is 0 Å². The quantitative estimate of drug-likeness (QED) is 0.800. The molecule has 0 amide bonds. The number of carboxylic acid groups (broad SMARTS) is 1. The minimum absolute atomic E-state index is 0.284. The van der Waals surface area contributed by atoms with Crippen molar-refractivity contribution in [3.63, 3.8) is 0 Å². The summed E-state index contributed by atoms with van der Waals surface area (Å²) in [4.78, 5) is 12.5. The number of hydrogen-bond donors (Lipinski definition) is 1. The topological polar surface area (TPSA) is 40.5 Å². The van der Waals surface area contributed by atoms with Gasteiger partial charge in [-0.15, -0.1) is 0 Å². The van der Waals surface area contributed by atoms with Crippen LogP contribution in [0, 0.1) is 5.82 Å². The molecule has 0 saturated heterocycles. The second-order valence-corrected chi connectivity index (χ2v) is 4.81. The van der Waals surface area contributed by atoms with E-state index in [4.69, 9.17) is 5.11 Å². The molecule has 0 heterocycles. The van der Waals surface area contributed by atoms with Gasteiger partial charge in [0, 0.05) is 18.7 Å². The molecule has 102 valence electrons. The van der Waals surface area contributed by atoms with E-state index in [1.807, 2.05) is 0 Å². The lowest BCUT2D eigenvalue weighted by molar-refractivity contribution is -0.131. The molecule has 2 rings (SSSR count). The van der Waals surface area contributed by atoms with Crippen LogP contribution >= 0.6 is 0 Å². The maximum atomic E-state index is 14.1. The Kier molecular flexibility index (Phi) is 4.20. The summed E-state index contributed by atoms with van der Waals surface area (Å²) in [6, 6.07) is 5.35. The van der Waals surface area contributed by atoms with Crippen LogP contribution in [0.4, 0.5) is 10.1 Å². The van der Waals surface area contributed by atoms with E-state index in [2.05, 4.69) is 11.8 Å². The highest BCUT2D eigenvalue weighted by Crippen LogP contribution is 2.33. The van der Waals surface area contributed by atoms with Gasteiger partial charge in [0.2, 0.25) is 0 Å². The highest BCUT2D eigenvalue weighted by atomic mass is 19.1. The van der Waals surface area contributed by atoms with Gasteiger partial charge in [0.05, 0.1) is 5.69 Å². The third kappa shape index (κ3) is 3.56. The Hall–Kier alpha value is -1.84. The number of anilines is 1. The van der Waals surface area contributed by atoms with Gasteiger partial charge in [-0.2, -0.15) is 0 Å². The van der Waals surface area contributed by atoms with Crippen LogP contribution in [0.5, 0.6) is 0 Å². The molecule has 0 bridgehead atoms. The molecular weight excluding hydrogens is 245 g/mol. The molecule has 1 aliphatic rings. The zero-order valence-corrected chi connectivity index (χ0v) is 11.0. The van der Waals surface area contributed by atoms with Crippen molar-refractivity contribution in [2.45, 2.75) is 32.2 Å². The largest absolute Gasteiger partial charge is 0.478 e. The number of hydrogen-bond acceptors (Lipinski definition) is 2. The summed E-state index contributed by atoms with van der Waals surface area (Å²) < 4.78 is 14.1. The van der Waals surface area contributed by atoms with Crippen LogP contribution in [-0.4, -0.2) is 23.7 Å². The van der Waals surface area contributed by atoms with Crippen molar-refractivity contribution in [1.82, 2.24) is 0 Å². The van der Waals surface area contributed by atoms with Crippen LogP contribution < -0.4 is 4.90 Å². The van der Waals surface area contributed by atoms with Crippen molar-refractivity contribution in [2.75, 3.05) is 11.4 Å². The van der Waals surface area contributed by atoms with E-state index in [1.54, 1.807) is 12.1 Å². The lowest BCUT2D eigenvalue weighted by Crippen LogP contribution is -2.27. The zero-order chi connectivity index (χ0) is 13.8. The number of benzene rings is 1. The number of nitrogens with zero attached hydrogens (tertiary/aromatic N) is 1. The molecule has 0 atom stereocenters. The van der Waals surface area contributed by atoms with Crippen LogP contribution in [0.2, 0.25) is 0 Å². The molecule has 1 aliphatic carbocycles. The first-order valence-corrected chi connectivity index (χ1v) is 6.59. The molecule has 3 nitrogen and oxygen atoms in total. The summed E-state index contributed by atoms with van der Waals surface area (Å²) in [5.74, 6) is -1.32. The van der Waals surface area contributed by atoms with Crippen molar-refractivity contribution < 1.29 is 14.3 Å². The fourth-order valence-corrected chi connectivity index (χ4v) is 2.15. The van der Waals surface area contributed by atoms with Gasteiger partial charge >= 0.3 is 5.97 Å². The molecule has 1 aromatic carbocycles. The van der Waals surface area contributed by atoms with Crippen molar-refractivity contribution >= 4 is 17.7 Å². The monoisotopic (exact) mass is 263 g/mol. The number of carbonyl (C=O) groups is 1. The Morgan fingerprint density at radius 2 is 2.26 bits per heavy atom. The second kappa shape index (κ2) is 5.87. The summed E-state index contributed by atoms with van der Waals surface area (Å²) in [7, 11) is 0. The first-order valence-electron chi connectivity index (χ1n) is 6.59. The number of halogens is 1. The first-order chi connectivity index (χ1) is 9.11. The highest BCUT2D eigenvalue weighted by molar-refractivity contribution is 5.85. The van der Waals surface area contributed by atoms with Crippen molar-refractivity contribution in [2.24, 2.45) is 0 Å². The minimum atomic E-state index is -1.03. The van der Waals surface area contributed by atoms with Gasteiger partial charge in [0.1, 0.15) is 5.82 Å². The van der Waals surface area contributed by atoms with Crippen LogP contribution in [0.1, 0.15) is 31.7 Å². The predicted octanol–water partition coefficient (Wildman–Crippen LogP) is 3.30. The number of aliphatic carboxylic acids is 1. The Balaban J connectivity index is 2.20. The number of rotatable bonds is 6. The smallest absolute Gasteiger partial charge is 0.328 e. The maximum absolute atomic E-state index is 14.1. The lowest BCUT2D eigenvalue weighted by Gasteiger charge is -2.24. The second-order valence-electron chi connectivity index (χ2n) is 4.81. The normalized spacial score (nSPS) is 14.8. The lowest BCUT2D eigenvalue weighted by atomic mass is 10.1. The summed E-state index contributed by atoms with van der Waals surface area (Å²) >= 11 is 0. The number of carboxylic acids is 1. The molecule has 0 unspecified atom stereocenters. The third-order valence-electron chi connectivity index (χ3n) is 3.15. The van der Waals surface area contributed by atoms with Gasteiger partial charge in [-0.05, 0) is 43.0 Å². The zero-order valence-electron chi connectivity index (χ0n) is 11.0. The third-order valence-corrected chi connectivity index (χ3v) is 3.15. The molecule has 0 radical (unpaired) electrons. The Bertz CT molecular complexity index is 495. The first kappa shape index (κ1) is 13.6. The van der Waals surface area contributed by atoms with Crippen molar-refractivity contribution in [3.05, 3.63) is 35.7 Å². The van der Waals surface area contributed by atoms with Gasteiger partial charge < -0.3 is 10.0 Å². The van der Waals surface area contributed by atoms with Crippen LogP contribution in [0.15, 0.2) is 24.3 Å². The minimum Gasteiger partial charge on any atom is -0.478 e. The van der Waals surface area contributed by atoms with Gasteiger partial charge in [0.25, 0.3) is 0 Å². The molecule has 1 N–H and O–H groups in total. The van der Waals surface area contributed by atoms with Crippen molar-refractivity contribution in [3.8, 4) is 0 Å². The van der Waals surface area contributed by atoms with Gasteiger partial charge in [-0.25, -0.2) is 9.18 Å². The summed E-state index contributed by atoms with van der Waals surface area (Å²) in [6.07, 6.45) is 5.65. The molecule has 19 heavy (non-hydrogen) atoms. The van der Waals surface area contributed by atoms with Gasteiger partial charge in [0.15, 0.2) is 0 Å². The molecule has 0 aliphatic heterocycles. The molecule has 1 fully saturated rings. The van der Waals surface area contributed by atoms with E-state index in [0.717, 1.165) is 31.9 Å². The molecule has 0 aromatic heterocycles. The predicted molar refractivity (Wildman–Crippen MR) is 73.7 cm³/mol. The van der Waals surface area contributed by atoms with Crippen LogP contribution in [-0.2, 0) is 4.79 Å². The summed E-state index contributed by atoms with van der Waals surface area (Å²) in [6.45, 7) is 2.93. The van der Waals surface area contributed by atoms with Crippen LogP contribution in [0.3, 0.4) is 0 Å². The average molecular weight is 263 g/mol. The van der Waals surface area contributed by atoms with E-state index < -0.39 is 5.97 Å². The molecular formula is C15H18FNO2. The molecule has 1 saturated carbocycles. The summed E-state index contributed by atoms with van der Waals surface area (Å²) in [5.41, 5.74) is 1.19. The van der Waals surface area contributed by atoms with Crippen molar-refractivity contribution in [1.29, 1.82) is 0 Å². The van der Waals surface area contributed by atoms with E-state index in [9.17, 15) is 9.18 Å². The average Bonchev–Trinajstić information content (AvgIpc) is 3.18. The van der Waals surface area contributed by atoms with Crippen LogP contribution in [0.25, 0.3) is 6.08 Å². The molecule has 4 heteroatoms. The van der Waals surface area contributed by atoms with E-state index >= 15 is 0 Å². The Labute approximate surface area is 112 Å². The molecule has 1 aromatic rings. The van der Waals surface area contributed by atoms with Gasteiger partial charge in [-0.1, -0.05) is 13.0 Å². The fourth-order valence-electron chi connectivity index (χ4n) is 2.15. The Morgan fingerprint density at radius 1 is 1.53 bits per heavy atom. The Morgan fingerprint density at radius 3 is 2.79 bits per heavy atom. The maximum Gasteiger partial charge on any atom is 0.328 e. The van der Waals surface area contributed by atoms with E-state index in [0.29, 0.717) is 17.3 Å². The highest BCUT2D eigenvalue weighted by Gasteiger charge is 2.29.